The highest BCUT2D eigenvalue weighted by Gasteiger charge is 2.09. The molecule has 3 N–H and O–H groups in total. The van der Waals surface area contributed by atoms with Gasteiger partial charge in [-0.25, -0.2) is 4.79 Å². The number of carboxylic acid groups (broad SMARTS) is 1. The SMILES string of the molecule is CCCCN(CCCCN)C(=O)O. The van der Waals surface area contributed by atoms with E-state index in [1.54, 1.807) is 0 Å². The van der Waals surface area contributed by atoms with Crippen molar-refractivity contribution in [2.75, 3.05) is 19.6 Å². The summed E-state index contributed by atoms with van der Waals surface area (Å²) in [6.45, 7) is 3.96. The fraction of sp³-hybridized carbons (Fsp3) is 0.889. The van der Waals surface area contributed by atoms with E-state index in [0.29, 0.717) is 19.6 Å². The van der Waals surface area contributed by atoms with Gasteiger partial charge in [0.2, 0.25) is 0 Å². The van der Waals surface area contributed by atoms with Crippen molar-refractivity contribution in [1.29, 1.82) is 0 Å². The fourth-order valence-corrected chi connectivity index (χ4v) is 1.10. The predicted molar refractivity (Wildman–Crippen MR) is 52.8 cm³/mol. The Hall–Kier alpha value is -0.770. The van der Waals surface area contributed by atoms with E-state index >= 15 is 0 Å². The Balaban J connectivity index is 3.61. The Labute approximate surface area is 79.7 Å². The molecule has 0 aromatic carbocycles. The molecule has 0 rings (SSSR count). The van der Waals surface area contributed by atoms with E-state index in [4.69, 9.17) is 10.8 Å². The van der Waals surface area contributed by atoms with Gasteiger partial charge in [-0.05, 0) is 25.8 Å². The summed E-state index contributed by atoms with van der Waals surface area (Å²) in [5.41, 5.74) is 5.33. The van der Waals surface area contributed by atoms with Crippen molar-refractivity contribution >= 4 is 6.09 Å². The second kappa shape index (κ2) is 7.86. The van der Waals surface area contributed by atoms with Crippen LogP contribution in [0.15, 0.2) is 0 Å². The van der Waals surface area contributed by atoms with Crippen LogP contribution in [0.25, 0.3) is 0 Å². The highest BCUT2D eigenvalue weighted by atomic mass is 16.4. The third-order valence-electron chi connectivity index (χ3n) is 1.93. The maximum Gasteiger partial charge on any atom is 0.407 e. The molecule has 1 amide bonds. The first-order valence-electron chi connectivity index (χ1n) is 4.90. The number of hydrogen-bond donors (Lipinski definition) is 2. The van der Waals surface area contributed by atoms with Crippen molar-refractivity contribution in [3.8, 4) is 0 Å². The molecule has 0 aromatic heterocycles. The van der Waals surface area contributed by atoms with Crippen molar-refractivity contribution in [2.24, 2.45) is 5.73 Å². The van der Waals surface area contributed by atoms with Crippen LogP contribution < -0.4 is 5.73 Å². The Bertz CT molecular complexity index is 140. The molecule has 0 heterocycles. The fourth-order valence-electron chi connectivity index (χ4n) is 1.10. The van der Waals surface area contributed by atoms with Gasteiger partial charge < -0.3 is 15.7 Å². The average Bonchev–Trinajstić information content (AvgIpc) is 2.10. The molecule has 0 aliphatic rings. The van der Waals surface area contributed by atoms with Gasteiger partial charge in [-0.1, -0.05) is 13.3 Å². The summed E-state index contributed by atoms with van der Waals surface area (Å²) in [6, 6.07) is 0. The Kier molecular flexibility index (Phi) is 7.39. The molecule has 0 bridgehead atoms. The lowest BCUT2D eigenvalue weighted by atomic mass is 10.2. The van der Waals surface area contributed by atoms with Gasteiger partial charge >= 0.3 is 6.09 Å². The van der Waals surface area contributed by atoms with E-state index in [1.165, 1.54) is 4.90 Å². The highest BCUT2D eigenvalue weighted by molar-refractivity contribution is 5.64. The van der Waals surface area contributed by atoms with Crippen LogP contribution in [-0.2, 0) is 0 Å². The van der Waals surface area contributed by atoms with Crippen LogP contribution in [0.3, 0.4) is 0 Å². The van der Waals surface area contributed by atoms with Crippen LogP contribution in [0, 0.1) is 0 Å². The first kappa shape index (κ1) is 12.2. The maximum absolute atomic E-state index is 10.7. The van der Waals surface area contributed by atoms with Gasteiger partial charge in [-0.15, -0.1) is 0 Å². The Morgan fingerprint density at radius 2 is 1.92 bits per heavy atom. The molecule has 0 aliphatic carbocycles. The summed E-state index contributed by atoms with van der Waals surface area (Å²) >= 11 is 0. The van der Waals surface area contributed by atoms with Gasteiger partial charge in [0, 0.05) is 13.1 Å². The average molecular weight is 188 g/mol. The second-order valence-electron chi connectivity index (χ2n) is 3.12. The summed E-state index contributed by atoms with van der Waals surface area (Å²) in [6.07, 6.45) is 2.92. The molecule has 0 spiro atoms. The molecule has 0 atom stereocenters. The number of nitrogens with two attached hydrogens (primary N) is 1. The van der Waals surface area contributed by atoms with Crippen molar-refractivity contribution in [2.45, 2.75) is 32.6 Å². The number of rotatable bonds is 7. The first-order valence-corrected chi connectivity index (χ1v) is 4.90. The Morgan fingerprint density at radius 3 is 2.38 bits per heavy atom. The molecular formula is C9H20N2O2. The van der Waals surface area contributed by atoms with Crippen LogP contribution in [0.2, 0.25) is 0 Å². The van der Waals surface area contributed by atoms with E-state index in [0.717, 1.165) is 25.7 Å². The highest BCUT2D eigenvalue weighted by Crippen LogP contribution is 1.98. The standard InChI is InChI=1S/C9H20N2O2/c1-2-3-7-11(9(12)13)8-5-4-6-10/h2-8,10H2,1H3,(H,12,13). The number of hydrogen-bond acceptors (Lipinski definition) is 2. The van der Waals surface area contributed by atoms with Gasteiger partial charge in [0.1, 0.15) is 0 Å². The molecule has 0 fully saturated rings. The molecule has 78 valence electrons. The molecule has 0 saturated heterocycles. The molecule has 13 heavy (non-hydrogen) atoms. The molecular weight excluding hydrogens is 168 g/mol. The first-order chi connectivity index (χ1) is 6.22. The summed E-state index contributed by atoms with van der Waals surface area (Å²) in [7, 11) is 0. The molecule has 0 aromatic rings. The third-order valence-corrected chi connectivity index (χ3v) is 1.93. The summed E-state index contributed by atoms with van der Waals surface area (Å²) < 4.78 is 0. The van der Waals surface area contributed by atoms with Gasteiger partial charge in [0.25, 0.3) is 0 Å². The zero-order valence-electron chi connectivity index (χ0n) is 8.33. The minimum atomic E-state index is -0.814. The topological polar surface area (TPSA) is 66.6 Å². The zero-order chi connectivity index (χ0) is 10.1. The maximum atomic E-state index is 10.7. The second-order valence-corrected chi connectivity index (χ2v) is 3.12. The van der Waals surface area contributed by atoms with E-state index < -0.39 is 6.09 Å². The minimum absolute atomic E-state index is 0.618. The zero-order valence-corrected chi connectivity index (χ0v) is 8.33. The van der Waals surface area contributed by atoms with E-state index in [2.05, 4.69) is 6.92 Å². The normalized spacial score (nSPS) is 10.0. The number of unbranched alkanes of at least 4 members (excludes halogenated alkanes) is 2. The van der Waals surface area contributed by atoms with E-state index in [9.17, 15) is 4.79 Å². The lowest BCUT2D eigenvalue weighted by Gasteiger charge is -2.18. The quantitative estimate of drug-likeness (QED) is 0.595. The van der Waals surface area contributed by atoms with Crippen molar-refractivity contribution in [3.05, 3.63) is 0 Å². The van der Waals surface area contributed by atoms with Crippen LogP contribution in [-0.4, -0.2) is 35.7 Å². The van der Waals surface area contributed by atoms with Crippen LogP contribution in [0.5, 0.6) is 0 Å². The van der Waals surface area contributed by atoms with Gasteiger partial charge in [-0.3, -0.25) is 0 Å². The lowest BCUT2D eigenvalue weighted by Crippen LogP contribution is -2.31. The lowest BCUT2D eigenvalue weighted by molar-refractivity contribution is 0.143. The van der Waals surface area contributed by atoms with Crippen molar-refractivity contribution in [1.82, 2.24) is 4.90 Å². The number of nitrogens with zero attached hydrogens (tertiary/aromatic N) is 1. The van der Waals surface area contributed by atoms with E-state index in [1.807, 2.05) is 0 Å². The van der Waals surface area contributed by atoms with Crippen LogP contribution in [0.1, 0.15) is 32.6 Å². The van der Waals surface area contributed by atoms with Crippen molar-refractivity contribution in [3.63, 3.8) is 0 Å². The largest absolute Gasteiger partial charge is 0.465 e. The molecule has 0 radical (unpaired) electrons. The predicted octanol–water partition coefficient (Wildman–Crippen LogP) is 1.51. The van der Waals surface area contributed by atoms with Gasteiger partial charge in [0.15, 0.2) is 0 Å². The smallest absolute Gasteiger partial charge is 0.407 e. The number of amides is 1. The molecule has 0 aliphatic heterocycles. The number of carbonyl (C=O) groups is 1. The van der Waals surface area contributed by atoms with Gasteiger partial charge in [-0.2, -0.15) is 0 Å². The molecule has 0 unspecified atom stereocenters. The monoisotopic (exact) mass is 188 g/mol. The summed E-state index contributed by atoms with van der Waals surface area (Å²) in [4.78, 5) is 12.2. The minimum Gasteiger partial charge on any atom is -0.465 e. The van der Waals surface area contributed by atoms with Crippen molar-refractivity contribution < 1.29 is 9.90 Å². The third kappa shape index (κ3) is 6.40. The van der Waals surface area contributed by atoms with Crippen LogP contribution in [0.4, 0.5) is 4.79 Å². The molecule has 4 nitrogen and oxygen atoms in total. The summed E-state index contributed by atoms with van der Waals surface area (Å²) in [5, 5.41) is 8.79. The van der Waals surface area contributed by atoms with Crippen LogP contribution >= 0.6 is 0 Å². The molecule has 4 heteroatoms. The van der Waals surface area contributed by atoms with Gasteiger partial charge in [0.05, 0.1) is 0 Å². The summed E-state index contributed by atoms with van der Waals surface area (Å²) in [5.74, 6) is 0. The van der Waals surface area contributed by atoms with E-state index in [-0.39, 0.29) is 0 Å². The Morgan fingerprint density at radius 1 is 1.31 bits per heavy atom. The molecule has 0 saturated carbocycles.